The summed E-state index contributed by atoms with van der Waals surface area (Å²) in [6.07, 6.45) is 1.69. The van der Waals surface area contributed by atoms with Gasteiger partial charge in [0.05, 0.1) is 17.1 Å². The van der Waals surface area contributed by atoms with Gasteiger partial charge in [-0.25, -0.2) is 17.9 Å². The van der Waals surface area contributed by atoms with Gasteiger partial charge in [0, 0.05) is 5.69 Å². The molecule has 0 saturated heterocycles. The molecule has 0 atom stereocenters. The van der Waals surface area contributed by atoms with E-state index in [1.165, 1.54) is 24.3 Å². The number of esters is 1. The van der Waals surface area contributed by atoms with Crippen LogP contribution in [-0.2, 0) is 25.9 Å². The Bertz CT molecular complexity index is 1270. The average Bonchev–Trinajstić information content (AvgIpc) is 3.10. The van der Waals surface area contributed by atoms with Crippen molar-refractivity contribution in [3.63, 3.8) is 0 Å². The second-order valence-electron chi connectivity index (χ2n) is 7.04. The first-order chi connectivity index (χ1) is 15.7. The Morgan fingerprint density at radius 1 is 1.12 bits per heavy atom. The Balaban J connectivity index is 1.81. The summed E-state index contributed by atoms with van der Waals surface area (Å²) < 4.78 is 32.5. The highest BCUT2D eigenvalue weighted by atomic mass is 32.2. The van der Waals surface area contributed by atoms with Crippen LogP contribution in [0.1, 0.15) is 22.8 Å². The molecule has 0 aliphatic rings. The van der Waals surface area contributed by atoms with Gasteiger partial charge in [0.1, 0.15) is 22.3 Å². The number of hydrogen-bond donors (Lipinski definition) is 2. The Labute approximate surface area is 196 Å². The van der Waals surface area contributed by atoms with Crippen molar-refractivity contribution in [2.75, 3.05) is 23.9 Å². The molecular formula is C22H24N4O5S2. The summed E-state index contributed by atoms with van der Waals surface area (Å²) >= 11 is 1.13. The van der Waals surface area contributed by atoms with E-state index >= 15 is 0 Å². The Hall–Kier alpha value is -3.31. The van der Waals surface area contributed by atoms with Gasteiger partial charge in [-0.3, -0.25) is 4.79 Å². The highest BCUT2D eigenvalue weighted by molar-refractivity contribution is 7.99. The van der Waals surface area contributed by atoms with Crippen LogP contribution in [-0.4, -0.2) is 42.9 Å². The highest BCUT2D eigenvalue weighted by Crippen LogP contribution is 2.34. The smallest absolute Gasteiger partial charge is 0.338 e. The van der Waals surface area contributed by atoms with Gasteiger partial charge in [0.25, 0.3) is 0 Å². The van der Waals surface area contributed by atoms with Crippen LogP contribution < -0.4 is 11.1 Å². The van der Waals surface area contributed by atoms with Gasteiger partial charge in [-0.1, -0.05) is 17.7 Å². The number of rotatable bonds is 8. The van der Waals surface area contributed by atoms with Gasteiger partial charge in [-0.15, -0.1) is 11.8 Å². The zero-order chi connectivity index (χ0) is 24.2. The molecule has 2 aromatic carbocycles. The minimum Gasteiger partial charge on any atom is -0.462 e. The molecule has 0 saturated carbocycles. The summed E-state index contributed by atoms with van der Waals surface area (Å²) in [5.41, 5.74) is 7.88. The van der Waals surface area contributed by atoms with E-state index in [2.05, 4.69) is 10.4 Å². The van der Waals surface area contributed by atoms with E-state index in [4.69, 9.17) is 10.5 Å². The fraction of sp³-hybridized carbons (Fsp3) is 0.227. The topological polar surface area (TPSA) is 133 Å². The largest absolute Gasteiger partial charge is 0.462 e. The maximum atomic E-state index is 13.2. The third kappa shape index (κ3) is 5.37. The highest BCUT2D eigenvalue weighted by Gasteiger charge is 2.29. The monoisotopic (exact) mass is 488 g/mol. The Morgan fingerprint density at radius 2 is 1.76 bits per heavy atom. The molecule has 9 nitrogen and oxygen atoms in total. The number of nitrogens with two attached hydrogens (primary N) is 1. The lowest BCUT2D eigenvalue weighted by Gasteiger charge is -2.08. The number of aromatic nitrogens is 2. The van der Waals surface area contributed by atoms with Crippen LogP contribution in [0.2, 0.25) is 0 Å². The summed E-state index contributed by atoms with van der Waals surface area (Å²) in [5.74, 6) is -1.03. The maximum absolute atomic E-state index is 13.2. The molecule has 11 heteroatoms. The molecule has 3 aromatic rings. The van der Waals surface area contributed by atoms with E-state index in [1.807, 2.05) is 6.92 Å². The number of nitrogens with zero attached hydrogens (tertiary/aromatic N) is 2. The number of aryl methyl sites for hydroxylation is 1. The Kier molecular flexibility index (Phi) is 7.44. The Morgan fingerprint density at radius 3 is 2.33 bits per heavy atom. The first kappa shape index (κ1) is 24.3. The molecule has 0 bridgehead atoms. The quantitative estimate of drug-likeness (QED) is 0.365. The summed E-state index contributed by atoms with van der Waals surface area (Å²) in [6.45, 7) is 3.55. The van der Waals surface area contributed by atoms with Crippen LogP contribution in [0.25, 0.3) is 0 Å². The third-order valence-corrected chi connectivity index (χ3v) is 7.32. The first-order valence-electron chi connectivity index (χ1n) is 9.96. The van der Waals surface area contributed by atoms with E-state index in [-0.39, 0.29) is 33.8 Å². The van der Waals surface area contributed by atoms with Crippen LogP contribution in [0.3, 0.4) is 0 Å². The van der Waals surface area contributed by atoms with E-state index in [0.717, 1.165) is 22.0 Å². The van der Waals surface area contributed by atoms with Crippen LogP contribution >= 0.6 is 11.8 Å². The van der Waals surface area contributed by atoms with Gasteiger partial charge in [0.15, 0.2) is 0 Å². The van der Waals surface area contributed by atoms with Gasteiger partial charge in [-0.2, -0.15) is 5.10 Å². The number of nitrogens with one attached hydrogen (secondary N) is 1. The lowest BCUT2D eigenvalue weighted by molar-refractivity contribution is -0.116. The van der Waals surface area contributed by atoms with E-state index < -0.39 is 21.7 Å². The number of carbonyl (C=O) groups is 2. The molecule has 0 aliphatic heterocycles. The molecule has 0 unspecified atom stereocenters. The van der Waals surface area contributed by atoms with Crippen molar-refractivity contribution in [2.45, 2.75) is 35.2 Å². The summed E-state index contributed by atoms with van der Waals surface area (Å²) in [5, 5.41) is 7.11. The molecule has 1 aromatic heterocycles. The molecule has 0 radical (unpaired) electrons. The van der Waals surface area contributed by atoms with Crippen molar-refractivity contribution in [1.29, 1.82) is 0 Å². The number of nitrogen functional groups attached to an aromatic ring is 1. The number of anilines is 2. The number of hydrogen-bond acceptors (Lipinski definition) is 8. The predicted molar refractivity (Wildman–Crippen MR) is 126 cm³/mol. The fourth-order valence-electron chi connectivity index (χ4n) is 3.02. The van der Waals surface area contributed by atoms with Crippen LogP contribution in [0, 0.1) is 6.92 Å². The summed E-state index contributed by atoms with van der Waals surface area (Å²) in [4.78, 5) is 24.3. The van der Waals surface area contributed by atoms with Crippen LogP contribution in [0.15, 0.2) is 63.3 Å². The molecular weight excluding hydrogens is 464 g/mol. The second kappa shape index (κ2) is 10.1. The standard InChI is InChI=1S/C22H24N4O5S2/c1-4-31-22(28)15-7-9-16(10-8-15)24-18(27)13-26-20(23)19(21(25-26)32-3)33(29,30)17-11-5-14(2)6-12-17/h5-12H,4,13,23H2,1-3H3,(H,24,27). The number of carbonyl (C=O) groups excluding carboxylic acids is 2. The molecule has 1 heterocycles. The van der Waals surface area contributed by atoms with Crippen molar-refractivity contribution in [3.05, 3.63) is 59.7 Å². The molecule has 0 spiro atoms. The minimum absolute atomic E-state index is 0.0980. The third-order valence-electron chi connectivity index (χ3n) is 4.68. The molecule has 0 aliphatic carbocycles. The van der Waals surface area contributed by atoms with Crippen molar-refractivity contribution >= 4 is 45.0 Å². The van der Waals surface area contributed by atoms with Crippen LogP contribution in [0.5, 0.6) is 0 Å². The molecule has 174 valence electrons. The van der Waals surface area contributed by atoms with Crippen molar-refractivity contribution < 1.29 is 22.7 Å². The van der Waals surface area contributed by atoms with Crippen molar-refractivity contribution in [3.8, 4) is 0 Å². The lowest BCUT2D eigenvalue weighted by Crippen LogP contribution is -2.21. The number of benzene rings is 2. The first-order valence-corrected chi connectivity index (χ1v) is 12.7. The SMILES string of the molecule is CCOC(=O)c1ccc(NC(=O)Cn2nc(SC)c(S(=O)(=O)c3ccc(C)cc3)c2N)cc1. The van der Waals surface area contributed by atoms with Crippen molar-refractivity contribution in [1.82, 2.24) is 9.78 Å². The van der Waals surface area contributed by atoms with Crippen LogP contribution in [0.4, 0.5) is 11.5 Å². The van der Waals surface area contributed by atoms with Gasteiger partial charge in [0.2, 0.25) is 15.7 Å². The molecule has 0 fully saturated rings. The zero-order valence-corrected chi connectivity index (χ0v) is 20.0. The maximum Gasteiger partial charge on any atom is 0.338 e. The average molecular weight is 489 g/mol. The van der Waals surface area contributed by atoms with Crippen molar-refractivity contribution in [2.24, 2.45) is 0 Å². The summed E-state index contributed by atoms with van der Waals surface area (Å²) in [6, 6.07) is 12.6. The molecule has 1 amide bonds. The normalized spacial score (nSPS) is 11.2. The molecule has 3 rings (SSSR count). The van der Waals surface area contributed by atoms with Gasteiger partial charge < -0.3 is 15.8 Å². The fourth-order valence-corrected chi connectivity index (χ4v) is 5.45. The van der Waals surface area contributed by atoms with E-state index in [9.17, 15) is 18.0 Å². The zero-order valence-electron chi connectivity index (χ0n) is 18.4. The minimum atomic E-state index is -3.93. The number of amides is 1. The predicted octanol–water partition coefficient (Wildman–Crippen LogP) is 3.14. The number of ether oxygens (including phenoxy) is 1. The van der Waals surface area contributed by atoms with Gasteiger partial charge in [-0.05, 0) is 56.5 Å². The lowest BCUT2D eigenvalue weighted by atomic mass is 10.2. The molecule has 3 N–H and O–H groups in total. The second-order valence-corrected chi connectivity index (χ2v) is 9.73. The number of thioether (sulfide) groups is 1. The summed E-state index contributed by atoms with van der Waals surface area (Å²) in [7, 11) is -3.93. The molecule has 33 heavy (non-hydrogen) atoms. The van der Waals surface area contributed by atoms with E-state index in [1.54, 1.807) is 37.4 Å². The number of sulfone groups is 1. The van der Waals surface area contributed by atoms with E-state index in [0.29, 0.717) is 11.3 Å². The van der Waals surface area contributed by atoms with Gasteiger partial charge >= 0.3 is 5.97 Å².